The van der Waals surface area contributed by atoms with E-state index in [0.717, 1.165) is 0 Å². The van der Waals surface area contributed by atoms with Crippen molar-refractivity contribution in [3.05, 3.63) is 12.2 Å². The van der Waals surface area contributed by atoms with Crippen LogP contribution in [0.3, 0.4) is 0 Å². The average molecular weight is 282 g/mol. The van der Waals surface area contributed by atoms with Gasteiger partial charge in [0.1, 0.15) is 11.9 Å². The maximum Gasteiger partial charge on any atom is 0.306 e. The van der Waals surface area contributed by atoms with Crippen LogP contribution in [0.25, 0.3) is 0 Å². The van der Waals surface area contributed by atoms with Gasteiger partial charge in [0.05, 0.1) is 6.42 Å². The zero-order valence-electron chi connectivity index (χ0n) is 12.5. The van der Waals surface area contributed by atoms with Crippen LogP contribution >= 0.6 is 0 Å². The third kappa shape index (κ3) is 6.86. The molecular weight excluding hydrogens is 260 g/mol. The number of hydrogen-bond acceptors (Lipinski definition) is 5. The number of nitrogens with one attached hydrogen (secondary N) is 1. The summed E-state index contributed by atoms with van der Waals surface area (Å²) in [5.41, 5.74) is -0.516. The van der Waals surface area contributed by atoms with E-state index in [4.69, 9.17) is 4.74 Å². The Morgan fingerprint density at radius 1 is 1.35 bits per heavy atom. The Labute approximate surface area is 118 Å². The average Bonchev–Trinajstić information content (AvgIpc) is 2.70. The van der Waals surface area contributed by atoms with Gasteiger partial charge in [-0.2, -0.15) is 5.10 Å². The second-order valence-electron chi connectivity index (χ2n) is 5.52. The van der Waals surface area contributed by atoms with Crippen molar-refractivity contribution in [2.24, 2.45) is 7.05 Å². The van der Waals surface area contributed by atoms with Crippen molar-refractivity contribution in [3.63, 3.8) is 0 Å². The molecular formula is C13H22N4O3. The predicted molar refractivity (Wildman–Crippen MR) is 72.8 cm³/mol. The van der Waals surface area contributed by atoms with Crippen molar-refractivity contribution in [2.75, 3.05) is 6.54 Å². The van der Waals surface area contributed by atoms with Gasteiger partial charge in [-0.3, -0.25) is 14.3 Å². The van der Waals surface area contributed by atoms with Crippen LogP contribution in [0.1, 0.15) is 39.4 Å². The summed E-state index contributed by atoms with van der Waals surface area (Å²) in [6, 6.07) is 0. The van der Waals surface area contributed by atoms with Crippen LogP contribution in [-0.2, 0) is 27.8 Å². The van der Waals surface area contributed by atoms with Crippen LogP contribution < -0.4 is 5.32 Å². The van der Waals surface area contributed by atoms with E-state index in [1.165, 1.54) is 0 Å². The Morgan fingerprint density at radius 3 is 2.60 bits per heavy atom. The highest BCUT2D eigenvalue weighted by molar-refractivity contribution is 5.81. The van der Waals surface area contributed by atoms with Crippen LogP contribution in [0.15, 0.2) is 6.33 Å². The van der Waals surface area contributed by atoms with Gasteiger partial charge in [-0.15, -0.1) is 0 Å². The molecule has 0 saturated carbocycles. The molecule has 1 rings (SSSR count). The lowest BCUT2D eigenvalue weighted by Crippen LogP contribution is -2.28. The smallest absolute Gasteiger partial charge is 0.306 e. The van der Waals surface area contributed by atoms with Crippen molar-refractivity contribution in [2.45, 2.75) is 45.6 Å². The summed E-state index contributed by atoms with van der Waals surface area (Å²) in [6.07, 6.45) is 2.40. The molecule has 7 nitrogen and oxygen atoms in total. The highest BCUT2D eigenvalue weighted by Crippen LogP contribution is 2.08. The van der Waals surface area contributed by atoms with E-state index in [1.54, 1.807) is 38.8 Å². The van der Waals surface area contributed by atoms with Crippen LogP contribution in [0.4, 0.5) is 0 Å². The van der Waals surface area contributed by atoms with Crippen molar-refractivity contribution in [1.82, 2.24) is 20.1 Å². The van der Waals surface area contributed by atoms with Crippen molar-refractivity contribution in [3.8, 4) is 0 Å². The Morgan fingerprint density at radius 2 is 2.05 bits per heavy atom. The number of esters is 1. The molecule has 0 unspecified atom stereocenters. The summed E-state index contributed by atoms with van der Waals surface area (Å²) in [6.45, 7) is 5.84. The van der Waals surface area contributed by atoms with Gasteiger partial charge in [0.2, 0.25) is 5.91 Å². The molecule has 1 aromatic heterocycles. The number of nitrogens with zero attached hydrogens (tertiary/aromatic N) is 3. The second kappa shape index (κ2) is 7.02. The fourth-order valence-corrected chi connectivity index (χ4v) is 1.51. The van der Waals surface area contributed by atoms with Crippen LogP contribution in [-0.4, -0.2) is 38.8 Å². The lowest BCUT2D eigenvalue weighted by molar-refractivity contribution is -0.155. The molecule has 0 atom stereocenters. The monoisotopic (exact) mass is 282 g/mol. The van der Waals surface area contributed by atoms with E-state index < -0.39 is 5.60 Å². The number of carbonyl (C=O) groups excluding carboxylic acids is 2. The summed E-state index contributed by atoms with van der Waals surface area (Å²) in [5.74, 6) is 0.144. The highest BCUT2D eigenvalue weighted by atomic mass is 16.6. The van der Waals surface area contributed by atoms with Crippen molar-refractivity contribution >= 4 is 11.9 Å². The molecule has 0 aliphatic heterocycles. The fraction of sp³-hybridized carbons (Fsp3) is 0.692. The number of ether oxygens (including phenoxy) is 1. The summed E-state index contributed by atoms with van der Waals surface area (Å²) in [7, 11) is 1.79. The third-order valence-electron chi connectivity index (χ3n) is 2.29. The van der Waals surface area contributed by atoms with Crippen LogP contribution in [0, 0.1) is 0 Å². The van der Waals surface area contributed by atoms with Gasteiger partial charge in [0, 0.05) is 26.4 Å². The Hall–Kier alpha value is -1.92. The molecule has 112 valence electrons. The number of carbonyl (C=O) groups is 2. The molecule has 0 radical (unpaired) electrons. The molecule has 0 aromatic carbocycles. The molecule has 0 aliphatic rings. The van der Waals surface area contributed by atoms with Crippen LogP contribution in [0.5, 0.6) is 0 Å². The molecule has 7 heteroatoms. The molecule has 20 heavy (non-hydrogen) atoms. The first-order chi connectivity index (χ1) is 9.26. The maximum absolute atomic E-state index is 11.5. The summed E-state index contributed by atoms with van der Waals surface area (Å²) in [5, 5.41) is 6.82. The van der Waals surface area contributed by atoms with Gasteiger partial charge in [0.25, 0.3) is 0 Å². The topological polar surface area (TPSA) is 86.1 Å². The maximum atomic E-state index is 11.5. The first kappa shape index (κ1) is 16.1. The molecule has 1 heterocycles. The molecule has 1 aromatic rings. The highest BCUT2D eigenvalue weighted by Gasteiger charge is 2.16. The molecule has 1 amide bonds. The lowest BCUT2D eigenvalue weighted by atomic mass is 10.2. The molecule has 0 bridgehead atoms. The number of aromatic nitrogens is 3. The second-order valence-corrected chi connectivity index (χ2v) is 5.52. The number of aryl methyl sites for hydroxylation is 1. The first-order valence-corrected chi connectivity index (χ1v) is 6.59. The molecule has 0 saturated heterocycles. The largest absolute Gasteiger partial charge is 0.460 e. The van der Waals surface area contributed by atoms with E-state index in [1.807, 2.05) is 0 Å². The van der Waals surface area contributed by atoms with Crippen molar-refractivity contribution < 1.29 is 14.3 Å². The Bertz CT molecular complexity index is 462. The molecule has 0 spiro atoms. The van der Waals surface area contributed by atoms with Gasteiger partial charge in [-0.25, -0.2) is 4.98 Å². The first-order valence-electron chi connectivity index (χ1n) is 6.59. The Kier molecular flexibility index (Phi) is 5.66. The van der Waals surface area contributed by atoms with E-state index in [2.05, 4.69) is 15.4 Å². The van der Waals surface area contributed by atoms with E-state index >= 15 is 0 Å². The van der Waals surface area contributed by atoms with Gasteiger partial charge in [-0.1, -0.05) is 0 Å². The number of hydrogen-bond donors (Lipinski definition) is 1. The van der Waals surface area contributed by atoms with Gasteiger partial charge >= 0.3 is 5.97 Å². The molecule has 0 fully saturated rings. The zero-order valence-corrected chi connectivity index (χ0v) is 12.5. The van der Waals surface area contributed by atoms with Crippen molar-refractivity contribution in [1.29, 1.82) is 0 Å². The number of amides is 1. The number of rotatable bonds is 6. The summed E-state index contributed by atoms with van der Waals surface area (Å²) < 4.78 is 6.73. The Balaban J connectivity index is 2.16. The van der Waals surface area contributed by atoms with Gasteiger partial charge in [-0.05, 0) is 20.8 Å². The van der Waals surface area contributed by atoms with Gasteiger partial charge < -0.3 is 10.1 Å². The predicted octanol–water partition coefficient (Wildman–Crippen LogP) is 0.596. The van der Waals surface area contributed by atoms with E-state index in [9.17, 15) is 9.59 Å². The SMILES string of the molecule is Cn1cnc(CCNC(=O)CCC(=O)OC(C)(C)C)n1. The fourth-order valence-electron chi connectivity index (χ4n) is 1.51. The summed E-state index contributed by atoms with van der Waals surface area (Å²) >= 11 is 0. The lowest BCUT2D eigenvalue weighted by Gasteiger charge is -2.19. The van der Waals surface area contributed by atoms with E-state index in [0.29, 0.717) is 18.8 Å². The van der Waals surface area contributed by atoms with E-state index in [-0.39, 0.29) is 24.7 Å². The minimum Gasteiger partial charge on any atom is -0.460 e. The normalized spacial score (nSPS) is 11.2. The minimum atomic E-state index is -0.516. The quantitative estimate of drug-likeness (QED) is 0.772. The molecule has 0 aliphatic carbocycles. The van der Waals surface area contributed by atoms with Crippen LogP contribution in [0.2, 0.25) is 0 Å². The zero-order chi connectivity index (χ0) is 15.2. The molecule has 1 N–H and O–H groups in total. The minimum absolute atomic E-state index is 0.0882. The standard InChI is InChI=1S/C13H22N4O3/c1-13(2,3)20-12(19)6-5-11(18)14-8-7-10-15-9-17(4)16-10/h9H,5-8H2,1-4H3,(H,14,18). The summed E-state index contributed by atoms with van der Waals surface area (Å²) in [4.78, 5) is 27.0. The van der Waals surface area contributed by atoms with Gasteiger partial charge in [0.15, 0.2) is 5.82 Å². The third-order valence-corrected chi connectivity index (χ3v) is 2.29.